The van der Waals surface area contributed by atoms with Gasteiger partial charge in [-0.1, -0.05) is 168 Å². The lowest BCUT2D eigenvalue weighted by atomic mass is 10.0. The smallest absolute Gasteiger partial charge is 0.113 e. The van der Waals surface area contributed by atoms with Crippen LogP contribution in [0.2, 0.25) is 0 Å². The second-order valence-electron chi connectivity index (χ2n) is 12.1. The topological polar surface area (TPSA) is 50.4 Å². The highest BCUT2D eigenvalue weighted by Gasteiger charge is 2.11. The molecule has 0 fully saturated rings. The summed E-state index contributed by atoms with van der Waals surface area (Å²) in [4.78, 5) is 4.91. The molecule has 222 valence electrons. The Bertz CT molecular complexity index is 460. The number of hydrogen-bond acceptors (Lipinski definition) is 2. The Kier molecular flexibility index (Phi) is 29.5. The summed E-state index contributed by atoms with van der Waals surface area (Å²) in [7, 11) is 0. The van der Waals surface area contributed by atoms with Crippen molar-refractivity contribution in [3.05, 3.63) is 0 Å². The molecular weight excluding hydrogens is 450 g/mol. The van der Waals surface area contributed by atoms with E-state index in [9.17, 15) is 0 Å². The second-order valence-corrected chi connectivity index (χ2v) is 12.1. The third-order valence-electron chi connectivity index (χ3n) is 7.70. The van der Waals surface area contributed by atoms with E-state index in [1.807, 2.05) is 0 Å². The van der Waals surface area contributed by atoms with E-state index < -0.39 is 0 Å². The third-order valence-corrected chi connectivity index (χ3v) is 7.70. The van der Waals surface area contributed by atoms with Crippen LogP contribution >= 0.6 is 0 Å². The summed E-state index contributed by atoms with van der Waals surface area (Å²) in [5, 5.41) is 3.54. The molecular formula is C34H71N3. The van der Waals surface area contributed by atoms with Gasteiger partial charge in [-0.05, 0) is 26.7 Å². The fourth-order valence-corrected chi connectivity index (χ4v) is 5.24. The Morgan fingerprint density at radius 2 is 0.838 bits per heavy atom. The predicted octanol–water partition coefficient (Wildman–Crippen LogP) is 10.9. The minimum Gasteiger partial charge on any atom is -0.370 e. The van der Waals surface area contributed by atoms with Gasteiger partial charge in [0.1, 0.15) is 5.84 Å². The molecule has 0 aliphatic rings. The molecule has 0 saturated heterocycles. The molecule has 3 nitrogen and oxygen atoms in total. The number of nitrogens with zero attached hydrogens (tertiary/aromatic N) is 1. The molecule has 0 radical (unpaired) electrons. The average molecular weight is 522 g/mol. The summed E-state index contributed by atoms with van der Waals surface area (Å²) in [5.41, 5.74) is 6.56. The van der Waals surface area contributed by atoms with Gasteiger partial charge in [-0.3, -0.25) is 4.99 Å². The maximum absolute atomic E-state index is 6.56. The standard InChI is InChI=1S/C34H71N3/c1-5-7-9-11-13-15-17-19-20-22-24-26-28-30-33(35)34(37-32(3)4)36-31-29-27-25-23-21-18-16-14-12-10-8-6-2/h32-33H,5-31,35H2,1-4H3,(H,36,37). The van der Waals surface area contributed by atoms with Crippen LogP contribution in [0.15, 0.2) is 4.99 Å². The van der Waals surface area contributed by atoms with E-state index in [2.05, 4.69) is 33.0 Å². The number of aliphatic imine (C=N–C) groups is 1. The van der Waals surface area contributed by atoms with Gasteiger partial charge in [-0.25, -0.2) is 0 Å². The lowest BCUT2D eigenvalue weighted by Gasteiger charge is -2.19. The van der Waals surface area contributed by atoms with Crippen molar-refractivity contribution < 1.29 is 0 Å². The van der Waals surface area contributed by atoms with Crippen molar-refractivity contribution in [3.63, 3.8) is 0 Å². The summed E-state index contributed by atoms with van der Waals surface area (Å²) >= 11 is 0. The number of rotatable bonds is 29. The molecule has 0 bridgehead atoms. The third kappa shape index (κ3) is 28.3. The molecule has 37 heavy (non-hydrogen) atoms. The van der Waals surface area contributed by atoms with Crippen LogP contribution < -0.4 is 11.1 Å². The lowest BCUT2D eigenvalue weighted by Crippen LogP contribution is -2.43. The molecule has 0 saturated carbocycles. The summed E-state index contributed by atoms with van der Waals surface area (Å²) < 4.78 is 0. The molecule has 3 N–H and O–H groups in total. The summed E-state index contributed by atoms with van der Waals surface area (Å²) in [6.07, 6.45) is 35.9. The van der Waals surface area contributed by atoms with Gasteiger partial charge in [-0.15, -0.1) is 0 Å². The summed E-state index contributed by atoms with van der Waals surface area (Å²) in [6, 6.07) is 0.478. The first kappa shape index (κ1) is 36.4. The molecule has 0 spiro atoms. The van der Waals surface area contributed by atoms with Crippen molar-refractivity contribution in [1.82, 2.24) is 5.32 Å². The van der Waals surface area contributed by atoms with Crippen LogP contribution in [0.1, 0.15) is 195 Å². The van der Waals surface area contributed by atoms with Crippen LogP contribution in [0.4, 0.5) is 0 Å². The van der Waals surface area contributed by atoms with E-state index in [0.29, 0.717) is 6.04 Å². The molecule has 1 atom stereocenters. The quantitative estimate of drug-likeness (QED) is 0.0584. The molecule has 3 heteroatoms. The number of amidine groups is 1. The average Bonchev–Trinajstić information content (AvgIpc) is 2.88. The molecule has 1 unspecified atom stereocenters. The molecule has 0 rings (SSSR count). The first-order valence-electron chi connectivity index (χ1n) is 17.2. The Morgan fingerprint density at radius 3 is 1.19 bits per heavy atom. The van der Waals surface area contributed by atoms with Crippen LogP contribution in [-0.4, -0.2) is 24.5 Å². The van der Waals surface area contributed by atoms with Crippen molar-refractivity contribution in [2.24, 2.45) is 10.7 Å². The molecule has 0 amide bonds. The van der Waals surface area contributed by atoms with Gasteiger partial charge < -0.3 is 11.1 Å². The lowest BCUT2D eigenvalue weighted by molar-refractivity contribution is 0.530. The van der Waals surface area contributed by atoms with Crippen LogP contribution in [0.25, 0.3) is 0 Å². The van der Waals surface area contributed by atoms with Crippen molar-refractivity contribution >= 4 is 5.84 Å². The normalized spacial score (nSPS) is 13.0. The molecule has 0 aromatic heterocycles. The van der Waals surface area contributed by atoms with Gasteiger partial charge in [0.05, 0.1) is 6.04 Å². The first-order valence-corrected chi connectivity index (χ1v) is 17.2. The minimum absolute atomic E-state index is 0.0763. The number of nitrogens with one attached hydrogen (secondary N) is 1. The highest BCUT2D eigenvalue weighted by Crippen LogP contribution is 2.14. The van der Waals surface area contributed by atoms with Gasteiger partial charge >= 0.3 is 0 Å². The van der Waals surface area contributed by atoms with Crippen molar-refractivity contribution in [2.75, 3.05) is 6.54 Å². The van der Waals surface area contributed by atoms with Crippen LogP contribution in [0, 0.1) is 0 Å². The van der Waals surface area contributed by atoms with Gasteiger partial charge in [0.25, 0.3) is 0 Å². The molecule has 0 aliphatic heterocycles. The Labute approximate surface area is 235 Å². The summed E-state index contributed by atoms with van der Waals surface area (Å²) in [6.45, 7) is 9.90. The highest BCUT2D eigenvalue weighted by molar-refractivity contribution is 5.87. The zero-order chi connectivity index (χ0) is 27.2. The monoisotopic (exact) mass is 522 g/mol. The van der Waals surface area contributed by atoms with E-state index in [1.54, 1.807) is 0 Å². The number of nitrogens with two attached hydrogens (primary N) is 1. The van der Waals surface area contributed by atoms with Crippen molar-refractivity contribution in [2.45, 2.75) is 207 Å². The SMILES string of the molecule is CCCCCCCCCCCCCCCC(N)C(=NCCCCCCCCCCCCCC)NC(C)C. The van der Waals surface area contributed by atoms with Crippen molar-refractivity contribution in [3.8, 4) is 0 Å². The van der Waals surface area contributed by atoms with Crippen LogP contribution in [0.5, 0.6) is 0 Å². The molecule has 0 aliphatic carbocycles. The molecule has 0 heterocycles. The van der Waals surface area contributed by atoms with E-state index in [0.717, 1.165) is 18.8 Å². The minimum atomic E-state index is 0.0763. The largest absolute Gasteiger partial charge is 0.370 e. The van der Waals surface area contributed by atoms with Crippen LogP contribution in [0.3, 0.4) is 0 Å². The predicted molar refractivity (Wildman–Crippen MR) is 170 cm³/mol. The Balaban J connectivity index is 3.74. The Morgan fingerprint density at radius 1 is 0.514 bits per heavy atom. The molecule has 0 aromatic carbocycles. The summed E-state index contributed by atoms with van der Waals surface area (Å²) in [5.74, 6) is 1.05. The van der Waals surface area contributed by atoms with Crippen molar-refractivity contribution in [1.29, 1.82) is 0 Å². The zero-order valence-electron chi connectivity index (χ0n) is 26.3. The Hall–Kier alpha value is -0.570. The fourth-order valence-electron chi connectivity index (χ4n) is 5.24. The zero-order valence-corrected chi connectivity index (χ0v) is 26.3. The van der Waals surface area contributed by atoms with E-state index in [-0.39, 0.29) is 6.04 Å². The van der Waals surface area contributed by atoms with E-state index in [1.165, 1.54) is 161 Å². The fraction of sp³-hybridized carbons (Fsp3) is 0.971. The number of hydrogen-bond donors (Lipinski definition) is 2. The highest BCUT2D eigenvalue weighted by atomic mass is 15.0. The second kappa shape index (κ2) is 30.0. The van der Waals surface area contributed by atoms with Gasteiger partial charge in [0.2, 0.25) is 0 Å². The van der Waals surface area contributed by atoms with Gasteiger partial charge in [-0.2, -0.15) is 0 Å². The van der Waals surface area contributed by atoms with E-state index >= 15 is 0 Å². The van der Waals surface area contributed by atoms with E-state index in [4.69, 9.17) is 10.7 Å². The maximum atomic E-state index is 6.56. The van der Waals surface area contributed by atoms with Gasteiger partial charge in [0.15, 0.2) is 0 Å². The van der Waals surface area contributed by atoms with Gasteiger partial charge in [0, 0.05) is 12.6 Å². The maximum Gasteiger partial charge on any atom is 0.113 e. The van der Waals surface area contributed by atoms with Crippen LogP contribution in [-0.2, 0) is 0 Å². The first-order chi connectivity index (χ1) is 18.1. The number of unbranched alkanes of at least 4 members (excludes halogenated alkanes) is 23. The molecule has 0 aromatic rings.